The van der Waals surface area contributed by atoms with Gasteiger partial charge in [0, 0.05) is 25.0 Å². The van der Waals surface area contributed by atoms with E-state index in [1.54, 1.807) is 15.6 Å². The molecule has 0 aliphatic carbocycles. The quantitative estimate of drug-likeness (QED) is 0.896. The lowest BCUT2D eigenvalue weighted by atomic mass is 10.1. The number of carbonyl (C=O) groups excluding carboxylic acids is 1. The van der Waals surface area contributed by atoms with Crippen molar-refractivity contribution in [2.24, 2.45) is 7.05 Å². The van der Waals surface area contributed by atoms with Gasteiger partial charge in [-0.15, -0.1) is 0 Å². The third-order valence-corrected chi connectivity index (χ3v) is 2.98. The summed E-state index contributed by atoms with van der Waals surface area (Å²) in [6.07, 6.45) is 3.73. The highest BCUT2D eigenvalue weighted by Gasteiger charge is 2.14. The van der Waals surface area contributed by atoms with Crippen molar-refractivity contribution in [2.45, 2.75) is 33.4 Å². The Morgan fingerprint density at radius 2 is 2.16 bits per heavy atom. The van der Waals surface area contributed by atoms with Gasteiger partial charge >= 0.3 is 0 Å². The number of amides is 1. The van der Waals surface area contributed by atoms with Crippen molar-refractivity contribution in [3.63, 3.8) is 0 Å². The molecule has 6 heteroatoms. The van der Waals surface area contributed by atoms with Crippen LogP contribution in [0.25, 0.3) is 0 Å². The molecule has 2 rings (SSSR count). The largest absolute Gasteiger partial charge is 0.348 e. The Morgan fingerprint density at radius 3 is 2.68 bits per heavy atom. The second-order valence-electron chi connectivity index (χ2n) is 4.79. The van der Waals surface area contributed by atoms with Crippen LogP contribution in [0.5, 0.6) is 0 Å². The number of aryl methyl sites for hydroxylation is 3. The first-order valence-electron chi connectivity index (χ1n) is 6.25. The molecule has 6 nitrogen and oxygen atoms in total. The third-order valence-electron chi connectivity index (χ3n) is 2.98. The van der Waals surface area contributed by atoms with E-state index in [0.717, 1.165) is 17.0 Å². The molecule has 0 radical (unpaired) electrons. The van der Waals surface area contributed by atoms with E-state index in [2.05, 4.69) is 15.5 Å². The van der Waals surface area contributed by atoms with Gasteiger partial charge in [-0.2, -0.15) is 10.2 Å². The van der Waals surface area contributed by atoms with Gasteiger partial charge in [-0.25, -0.2) is 0 Å². The van der Waals surface area contributed by atoms with Crippen LogP contribution in [0.1, 0.15) is 29.9 Å². The molecule has 1 atom stereocenters. The Balaban J connectivity index is 1.97. The molecule has 0 spiro atoms. The summed E-state index contributed by atoms with van der Waals surface area (Å²) >= 11 is 0. The van der Waals surface area contributed by atoms with E-state index in [-0.39, 0.29) is 18.5 Å². The van der Waals surface area contributed by atoms with Crippen LogP contribution in [0.3, 0.4) is 0 Å². The average Bonchev–Trinajstić information content (AvgIpc) is 2.84. The van der Waals surface area contributed by atoms with E-state index in [4.69, 9.17) is 0 Å². The monoisotopic (exact) mass is 261 g/mol. The van der Waals surface area contributed by atoms with Crippen molar-refractivity contribution in [1.82, 2.24) is 24.9 Å². The number of nitrogens with one attached hydrogen (secondary N) is 1. The fourth-order valence-electron chi connectivity index (χ4n) is 2.11. The number of nitrogens with zero attached hydrogens (tertiary/aromatic N) is 4. The van der Waals surface area contributed by atoms with Crippen molar-refractivity contribution in [3.05, 3.63) is 35.4 Å². The van der Waals surface area contributed by atoms with Crippen LogP contribution < -0.4 is 5.32 Å². The molecule has 19 heavy (non-hydrogen) atoms. The Bertz CT molecular complexity index is 584. The SMILES string of the molecule is Cc1ccn(CC(=O)NC(C)c2cn(C)nc2C)n1. The van der Waals surface area contributed by atoms with Crippen molar-refractivity contribution >= 4 is 5.91 Å². The zero-order chi connectivity index (χ0) is 14.0. The summed E-state index contributed by atoms with van der Waals surface area (Å²) in [6.45, 7) is 6.03. The molecule has 0 aliphatic rings. The zero-order valence-corrected chi connectivity index (χ0v) is 11.7. The summed E-state index contributed by atoms with van der Waals surface area (Å²) in [4.78, 5) is 11.9. The topological polar surface area (TPSA) is 64.7 Å². The van der Waals surface area contributed by atoms with Crippen LogP contribution in [0.15, 0.2) is 18.5 Å². The van der Waals surface area contributed by atoms with Gasteiger partial charge in [0.15, 0.2) is 0 Å². The first kappa shape index (κ1) is 13.3. The molecule has 2 aromatic rings. The smallest absolute Gasteiger partial charge is 0.242 e. The molecule has 0 saturated carbocycles. The maximum atomic E-state index is 11.9. The second-order valence-corrected chi connectivity index (χ2v) is 4.79. The van der Waals surface area contributed by atoms with Gasteiger partial charge in [0.25, 0.3) is 0 Å². The molecule has 2 aromatic heterocycles. The molecule has 1 amide bonds. The van der Waals surface area contributed by atoms with Crippen LogP contribution >= 0.6 is 0 Å². The zero-order valence-electron chi connectivity index (χ0n) is 11.7. The predicted octanol–water partition coefficient (Wildman–Crippen LogP) is 1.11. The Hall–Kier alpha value is -2.11. The van der Waals surface area contributed by atoms with Crippen molar-refractivity contribution in [2.75, 3.05) is 0 Å². The molecule has 0 fully saturated rings. The molecular formula is C13H19N5O. The molecule has 0 aliphatic heterocycles. The van der Waals surface area contributed by atoms with Crippen molar-refractivity contribution in [3.8, 4) is 0 Å². The second kappa shape index (κ2) is 5.26. The lowest BCUT2D eigenvalue weighted by Gasteiger charge is -2.13. The van der Waals surface area contributed by atoms with Crippen molar-refractivity contribution in [1.29, 1.82) is 0 Å². The Kier molecular flexibility index (Phi) is 3.69. The number of aromatic nitrogens is 4. The summed E-state index contributed by atoms with van der Waals surface area (Å²) in [5, 5.41) is 11.4. The molecular weight excluding hydrogens is 242 g/mol. The van der Waals surface area contributed by atoms with Crippen LogP contribution in [-0.4, -0.2) is 25.5 Å². The summed E-state index contributed by atoms with van der Waals surface area (Å²) < 4.78 is 3.39. The molecule has 102 valence electrons. The Morgan fingerprint density at radius 1 is 1.42 bits per heavy atom. The molecule has 0 bridgehead atoms. The molecule has 1 unspecified atom stereocenters. The first-order chi connectivity index (χ1) is 8.95. The normalized spacial score (nSPS) is 12.4. The first-order valence-corrected chi connectivity index (χ1v) is 6.25. The minimum atomic E-state index is -0.0575. The van der Waals surface area contributed by atoms with E-state index in [1.807, 2.05) is 40.1 Å². The minimum Gasteiger partial charge on any atom is -0.348 e. The highest BCUT2D eigenvalue weighted by molar-refractivity contribution is 5.76. The standard InChI is InChI=1S/C13H19N5O/c1-9-5-6-18(15-9)8-13(19)14-10(2)12-7-17(4)16-11(12)3/h5-7,10H,8H2,1-4H3,(H,14,19). The van der Waals surface area contributed by atoms with Gasteiger partial charge in [0.1, 0.15) is 6.54 Å². The number of hydrogen-bond acceptors (Lipinski definition) is 3. The maximum Gasteiger partial charge on any atom is 0.242 e. The fourth-order valence-corrected chi connectivity index (χ4v) is 2.11. The highest BCUT2D eigenvalue weighted by atomic mass is 16.2. The van der Waals surface area contributed by atoms with Crippen LogP contribution in [-0.2, 0) is 18.4 Å². The minimum absolute atomic E-state index is 0.0566. The number of rotatable bonds is 4. The lowest BCUT2D eigenvalue weighted by molar-refractivity contribution is -0.122. The summed E-state index contributed by atoms with van der Waals surface area (Å²) in [5.41, 5.74) is 2.88. The van der Waals surface area contributed by atoms with Crippen LogP contribution in [0.2, 0.25) is 0 Å². The lowest BCUT2D eigenvalue weighted by Crippen LogP contribution is -2.30. The van der Waals surface area contributed by atoms with Crippen LogP contribution in [0.4, 0.5) is 0 Å². The van der Waals surface area contributed by atoms with Gasteiger partial charge in [-0.3, -0.25) is 14.2 Å². The average molecular weight is 261 g/mol. The van der Waals surface area contributed by atoms with Gasteiger partial charge in [-0.05, 0) is 26.8 Å². The van der Waals surface area contributed by atoms with Gasteiger partial charge in [-0.1, -0.05) is 0 Å². The molecule has 0 aromatic carbocycles. The molecule has 1 N–H and O–H groups in total. The van der Waals surface area contributed by atoms with E-state index < -0.39 is 0 Å². The summed E-state index contributed by atoms with van der Waals surface area (Å²) in [6, 6.07) is 1.82. The fraction of sp³-hybridized carbons (Fsp3) is 0.462. The maximum absolute atomic E-state index is 11.9. The van der Waals surface area contributed by atoms with E-state index in [0.29, 0.717) is 0 Å². The van der Waals surface area contributed by atoms with Crippen molar-refractivity contribution < 1.29 is 4.79 Å². The Labute approximate surface area is 112 Å². The number of carbonyl (C=O) groups is 1. The van der Waals surface area contributed by atoms with Gasteiger partial charge in [0.2, 0.25) is 5.91 Å². The van der Waals surface area contributed by atoms with Gasteiger partial charge in [0.05, 0.1) is 17.4 Å². The molecule has 2 heterocycles. The number of hydrogen-bond donors (Lipinski definition) is 1. The van der Waals surface area contributed by atoms with Gasteiger partial charge < -0.3 is 5.32 Å². The predicted molar refractivity (Wildman–Crippen MR) is 71.5 cm³/mol. The van der Waals surface area contributed by atoms with E-state index in [9.17, 15) is 4.79 Å². The third kappa shape index (κ3) is 3.21. The van der Waals surface area contributed by atoms with E-state index >= 15 is 0 Å². The summed E-state index contributed by atoms with van der Waals surface area (Å²) in [7, 11) is 1.87. The highest BCUT2D eigenvalue weighted by Crippen LogP contribution is 2.15. The van der Waals surface area contributed by atoms with Crippen LogP contribution in [0, 0.1) is 13.8 Å². The van der Waals surface area contributed by atoms with E-state index in [1.165, 1.54) is 0 Å². The summed E-state index contributed by atoms with van der Waals surface area (Å²) in [5.74, 6) is -0.0566. The molecule has 0 saturated heterocycles.